The molecule has 0 radical (unpaired) electrons. The number of anilines is 1. The molecule has 300 valence electrons. The number of benzene rings is 1. The predicted octanol–water partition coefficient (Wildman–Crippen LogP) is 5.86. The molecule has 0 aliphatic heterocycles. The zero-order valence-corrected chi connectivity index (χ0v) is 35.4. The molecule has 57 heavy (non-hydrogen) atoms. The minimum absolute atomic E-state index is 0.110. The third-order valence-electron chi connectivity index (χ3n) is 7.71. The van der Waals surface area contributed by atoms with E-state index in [0.29, 0.717) is 43.0 Å². The lowest BCUT2D eigenvalue weighted by Gasteiger charge is -2.23. The normalized spacial score (nSPS) is 10.8. The summed E-state index contributed by atoms with van der Waals surface area (Å²) in [7, 11) is 0. The molecule has 4 rings (SSSR count). The molecule has 14 nitrogen and oxygen atoms in total. The van der Waals surface area contributed by atoms with E-state index in [1.807, 2.05) is 24.3 Å². The molecule has 0 amide bonds. The molecule has 3 aromatic heterocycles. The van der Waals surface area contributed by atoms with Gasteiger partial charge in [0.2, 0.25) is 0 Å². The summed E-state index contributed by atoms with van der Waals surface area (Å²) in [5.74, 6) is 4.33. The van der Waals surface area contributed by atoms with Crippen molar-refractivity contribution in [3.8, 4) is 11.8 Å². The first-order valence-electron chi connectivity index (χ1n) is 18.2. The summed E-state index contributed by atoms with van der Waals surface area (Å²) in [6, 6.07) is 17.5. The smallest absolute Gasteiger partial charge is 0.356 e. The Labute approximate surface area is 348 Å². The van der Waals surface area contributed by atoms with Gasteiger partial charge in [-0.1, -0.05) is 43.7 Å². The van der Waals surface area contributed by atoms with Gasteiger partial charge in [-0.25, -0.2) is 19.6 Å². The molecule has 16 heteroatoms. The second-order valence-corrected chi connectivity index (χ2v) is 14.2. The molecule has 0 saturated carbocycles. The van der Waals surface area contributed by atoms with Gasteiger partial charge in [0.25, 0.3) is 0 Å². The van der Waals surface area contributed by atoms with Crippen molar-refractivity contribution in [2.24, 2.45) is 0 Å². The molecule has 0 spiro atoms. The Morgan fingerprint density at radius 3 is 1.35 bits per heavy atom. The van der Waals surface area contributed by atoms with Crippen molar-refractivity contribution in [2.75, 3.05) is 45.3 Å². The summed E-state index contributed by atoms with van der Waals surface area (Å²) in [6.45, 7) is 8.02. The number of esters is 4. The molecular formula is C41H44Br2N6O8. The van der Waals surface area contributed by atoms with Gasteiger partial charge < -0.3 is 24.7 Å². The molecule has 0 unspecified atom stereocenters. The van der Waals surface area contributed by atoms with Crippen molar-refractivity contribution in [3.05, 3.63) is 115 Å². The maximum Gasteiger partial charge on any atom is 0.356 e. The molecule has 0 bridgehead atoms. The number of rotatable bonds is 18. The highest BCUT2D eigenvalue weighted by Gasteiger charge is 2.21. The topological polar surface area (TPSA) is 176 Å². The molecule has 4 aromatic rings. The van der Waals surface area contributed by atoms with Crippen LogP contribution < -0.4 is 5.73 Å². The van der Waals surface area contributed by atoms with Gasteiger partial charge in [0.05, 0.1) is 62.3 Å². The number of ether oxygens (including phenoxy) is 4. The summed E-state index contributed by atoms with van der Waals surface area (Å²) in [6.07, 6.45) is 0. The Balaban J connectivity index is 1.75. The van der Waals surface area contributed by atoms with Crippen LogP contribution in [0.25, 0.3) is 0 Å². The van der Waals surface area contributed by atoms with Gasteiger partial charge in [-0.15, -0.1) is 0 Å². The van der Waals surface area contributed by atoms with Gasteiger partial charge in [0.1, 0.15) is 11.4 Å². The number of nitrogens with zero attached hydrogens (tertiary/aromatic N) is 5. The molecule has 0 aliphatic carbocycles. The second kappa shape index (κ2) is 22.5. The van der Waals surface area contributed by atoms with E-state index in [0.717, 1.165) is 5.56 Å². The van der Waals surface area contributed by atoms with Crippen molar-refractivity contribution in [1.82, 2.24) is 24.8 Å². The van der Waals surface area contributed by atoms with Crippen LogP contribution in [0.5, 0.6) is 0 Å². The highest BCUT2D eigenvalue weighted by Crippen LogP contribution is 2.20. The summed E-state index contributed by atoms with van der Waals surface area (Å²) >= 11 is 6.92. The number of nitrogen functional groups attached to an aromatic ring is 1. The predicted molar refractivity (Wildman–Crippen MR) is 218 cm³/mol. The summed E-state index contributed by atoms with van der Waals surface area (Å²) in [4.78, 5) is 68.4. The highest BCUT2D eigenvalue weighted by atomic mass is 79.9. The van der Waals surface area contributed by atoms with E-state index in [1.165, 1.54) is 0 Å². The standard InChI is InChI=1S/C41H44Br2N6O8/c1-5-54-38(50)25-48(23-34-17-29(42)19-36(46-34)40(52)56-7-3)21-32-15-28(10-9-27-11-13-31(44)14-12-27)16-33(45-32)22-49(26-39(51)55-6-2)24-35-18-30(43)20-37(47-35)41(53)57-8-4/h11-20H,5-8,21-26,44H2,1-4H3. The van der Waals surface area contributed by atoms with Crippen molar-refractivity contribution in [1.29, 1.82) is 0 Å². The lowest BCUT2D eigenvalue weighted by Crippen LogP contribution is -2.32. The first-order valence-corrected chi connectivity index (χ1v) is 19.8. The molecule has 0 fully saturated rings. The minimum Gasteiger partial charge on any atom is -0.465 e. The fraction of sp³-hybridized carbons (Fsp3) is 0.341. The van der Waals surface area contributed by atoms with E-state index < -0.39 is 23.9 Å². The summed E-state index contributed by atoms with van der Waals surface area (Å²) in [5, 5.41) is 0. The van der Waals surface area contributed by atoms with Gasteiger partial charge in [-0.2, -0.15) is 0 Å². The molecule has 0 saturated heterocycles. The van der Waals surface area contributed by atoms with Crippen LogP contribution in [0.1, 0.15) is 82.6 Å². The Morgan fingerprint density at radius 2 is 0.947 bits per heavy atom. The van der Waals surface area contributed by atoms with Crippen LogP contribution in [-0.4, -0.2) is 88.1 Å². The SMILES string of the molecule is CCOC(=O)CN(Cc1cc(C#Cc2ccc(N)cc2)cc(CN(CC(=O)OCC)Cc2cc(Br)cc(C(=O)OCC)n2)n1)Cc1cc(Br)cc(C(=O)OCC)n1. The highest BCUT2D eigenvalue weighted by molar-refractivity contribution is 9.10. The van der Waals surface area contributed by atoms with Crippen molar-refractivity contribution in [2.45, 2.75) is 53.9 Å². The van der Waals surface area contributed by atoms with Gasteiger partial charge >= 0.3 is 23.9 Å². The van der Waals surface area contributed by atoms with E-state index in [9.17, 15) is 19.2 Å². The lowest BCUT2D eigenvalue weighted by atomic mass is 10.1. The fourth-order valence-corrected chi connectivity index (χ4v) is 6.47. The Bertz CT molecular complexity index is 1990. The number of carbonyl (C=O) groups excluding carboxylic acids is 4. The number of pyridine rings is 3. The average Bonchev–Trinajstić information content (AvgIpc) is 3.14. The first kappa shape index (κ1) is 44.5. The minimum atomic E-state index is -0.571. The van der Waals surface area contributed by atoms with Crippen LogP contribution >= 0.6 is 31.9 Å². The van der Waals surface area contributed by atoms with Crippen molar-refractivity contribution >= 4 is 61.4 Å². The average molecular weight is 909 g/mol. The van der Waals surface area contributed by atoms with Crippen LogP contribution in [0.3, 0.4) is 0 Å². The monoisotopic (exact) mass is 906 g/mol. The Hall–Kier alpha value is -5.21. The van der Waals surface area contributed by atoms with E-state index in [2.05, 4.69) is 53.7 Å². The van der Waals surface area contributed by atoms with Crippen LogP contribution in [0, 0.1) is 11.8 Å². The largest absolute Gasteiger partial charge is 0.465 e. The van der Waals surface area contributed by atoms with Crippen molar-refractivity contribution in [3.63, 3.8) is 0 Å². The zero-order valence-electron chi connectivity index (χ0n) is 32.2. The van der Waals surface area contributed by atoms with E-state index in [4.69, 9.17) is 29.7 Å². The third-order valence-corrected chi connectivity index (χ3v) is 8.62. The van der Waals surface area contributed by atoms with Gasteiger partial charge in [-0.3, -0.25) is 24.4 Å². The van der Waals surface area contributed by atoms with E-state index in [-0.39, 0.29) is 77.1 Å². The maximum atomic E-state index is 12.9. The number of hydrogen-bond acceptors (Lipinski definition) is 14. The van der Waals surface area contributed by atoms with Gasteiger partial charge in [-0.05, 0) is 88.4 Å². The first-order chi connectivity index (χ1) is 27.4. The Kier molecular flexibility index (Phi) is 17.6. The second-order valence-electron chi connectivity index (χ2n) is 12.4. The Morgan fingerprint density at radius 1 is 0.561 bits per heavy atom. The van der Waals surface area contributed by atoms with Gasteiger partial charge in [0, 0.05) is 51.9 Å². The van der Waals surface area contributed by atoms with Gasteiger partial charge in [0.15, 0.2) is 0 Å². The number of aromatic nitrogens is 3. The molecule has 2 N–H and O–H groups in total. The molecule has 0 atom stereocenters. The molecular weight excluding hydrogens is 864 g/mol. The third kappa shape index (κ3) is 15.0. The number of nitrogens with two attached hydrogens (primary N) is 1. The van der Waals surface area contributed by atoms with Crippen molar-refractivity contribution < 1.29 is 38.1 Å². The van der Waals surface area contributed by atoms with Crippen LogP contribution in [0.15, 0.2) is 69.6 Å². The van der Waals surface area contributed by atoms with Crippen LogP contribution in [0.4, 0.5) is 5.69 Å². The number of hydrogen-bond donors (Lipinski definition) is 1. The van der Waals surface area contributed by atoms with E-state index in [1.54, 1.807) is 73.9 Å². The number of carbonyl (C=O) groups is 4. The molecule has 1 aromatic carbocycles. The lowest BCUT2D eigenvalue weighted by molar-refractivity contribution is -0.145. The fourth-order valence-electron chi connectivity index (χ4n) is 5.51. The summed E-state index contributed by atoms with van der Waals surface area (Å²) < 4.78 is 22.1. The quantitative estimate of drug-likeness (QED) is 0.0544. The molecule has 3 heterocycles. The van der Waals surface area contributed by atoms with E-state index >= 15 is 0 Å². The summed E-state index contributed by atoms with van der Waals surface area (Å²) in [5.41, 5.74) is 10.2. The van der Waals surface area contributed by atoms with Crippen LogP contribution in [0.2, 0.25) is 0 Å². The maximum absolute atomic E-state index is 12.9. The van der Waals surface area contributed by atoms with Crippen LogP contribution in [-0.2, 0) is 54.7 Å². The zero-order chi connectivity index (χ0) is 41.3. The number of halogens is 2. The molecule has 0 aliphatic rings.